The summed E-state index contributed by atoms with van der Waals surface area (Å²) < 4.78 is 10.8. The molecule has 0 spiro atoms. The van der Waals surface area contributed by atoms with Crippen molar-refractivity contribution in [2.45, 2.75) is 46.7 Å². The highest BCUT2D eigenvalue weighted by molar-refractivity contribution is 5.76. The van der Waals surface area contributed by atoms with Crippen LogP contribution in [0.1, 0.15) is 32.4 Å². The minimum atomic E-state index is -0.622. The first-order valence-electron chi connectivity index (χ1n) is 8.74. The van der Waals surface area contributed by atoms with E-state index in [1.807, 2.05) is 17.7 Å². The second-order valence-electron chi connectivity index (χ2n) is 6.27. The Morgan fingerprint density at radius 1 is 1.23 bits per heavy atom. The van der Waals surface area contributed by atoms with Crippen LogP contribution in [0.5, 0.6) is 0 Å². The predicted molar refractivity (Wildman–Crippen MR) is 96.5 cm³/mol. The fourth-order valence-electron chi connectivity index (χ4n) is 3.12. The molecule has 0 saturated heterocycles. The van der Waals surface area contributed by atoms with Gasteiger partial charge in [0.05, 0.1) is 6.61 Å². The van der Waals surface area contributed by atoms with E-state index < -0.39 is 23.8 Å². The molecule has 3 aromatic rings. The molecule has 0 aliphatic carbocycles. The molecule has 0 fully saturated rings. The summed E-state index contributed by atoms with van der Waals surface area (Å²) in [7, 11) is 1.54. The number of hydrogen-bond acceptors (Lipinski definition) is 5. The molecular weight excluding hydrogens is 338 g/mol. The smallest absolute Gasteiger partial charge is 0.333 e. The van der Waals surface area contributed by atoms with Gasteiger partial charge in [-0.2, -0.15) is 4.98 Å². The molecule has 26 heavy (non-hydrogen) atoms. The van der Waals surface area contributed by atoms with Gasteiger partial charge >= 0.3 is 11.7 Å². The molecule has 0 amide bonds. The third kappa shape index (κ3) is 2.73. The van der Waals surface area contributed by atoms with Crippen molar-refractivity contribution in [3.05, 3.63) is 32.7 Å². The summed E-state index contributed by atoms with van der Waals surface area (Å²) in [6, 6.07) is 0. The monoisotopic (exact) mass is 361 g/mol. The number of fused-ring (bicyclic) bond motifs is 3. The number of rotatable bonds is 6. The van der Waals surface area contributed by atoms with Crippen LogP contribution in [0, 0.1) is 6.92 Å². The van der Waals surface area contributed by atoms with E-state index in [1.54, 1.807) is 18.4 Å². The lowest BCUT2D eigenvalue weighted by atomic mass is 10.3. The summed E-state index contributed by atoms with van der Waals surface area (Å²) in [6.45, 7) is 6.28. The summed E-state index contributed by atoms with van der Waals surface area (Å²) in [4.78, 5) is 41.8. The topological polar surface area (TPSA) is 92.5 Å². The van der Waals surface area contributed by atoms with Crippen LogP contribution in [0.2, 0.25) is 0 Å². The Kier molecular flexibility index (Phi) is 4.71. The Morgan fingerprint density at radius 3 is 2.62 bits per heavy atom. The molecule has 0 N–H and O–H groups in total. The fourth-order valence-corrected chi connectivity index (χ4v) is 3.12. The zero-order valence-electron chi connectivity index (χ0n) is 15.5. The van der Waals surface area contributed by atoms with Gasteiger partial charge < -0.3 is 9.30 Å². The number of unbranched alkanes of at least 4 members (excludes halogenated alkanes) is 1. The molecule has 0 bridgehead atoms. The number of ether oxygens (including phenoxy) is 1. The number of esters is 1. The highest BCUT2D eigenvalue weighted by atomic mass is 16.5. The van der Waals surface area contributed by atoms with Crippen molar-refractivity contribution in [2.75, 3.05) is 6.61 Å². The maximum absolute atomic E-state index is 12.9. The van der Waals surface area contributed by atoms with Gasteiger partial charge in [0.2, 0.25) is 5.78 Å². The molecule has 3 heterocycles. The summed E-state index contributed by atoms with van der Waals surface area (Å²) >= 11 is 0. The molecule has 9 heteroatoms. The number of aryl methyl sites for hydroxylation is 3. The number of aromatic nitrogens is 5. The van der Waals surface area contributed by atoms with E-state index >= 15 is 0 Å². The van der Waals surface area contributed by atoms with Gasteiger partial charge in [0.15, 0.2) is 11.2 Å². The average Bonchev–Trinajstić information content (AvgIpc) is 3.10. The van der Waals surface area contributed by atoms with Crippen LogP contribution in [0.25, 0.3) is 16.9 Å². The van der Waals surface area contributed by atoms with Crippen molar-refractivity contribution in [1.82, 2.24) is 23.1 Å². The predicted octanol–water partition coefficient (Wildman–Crippen LogP) is 0.821. The van der Waals surface area contributed by atoms with Gasteiger partial charge in [-0.1, -0.05) is 13.3 Å². The second-order valence-corrected chi connectivity index (χ2v) is 6.27. The van der Waals surface area contributed by atoms with Gasteiger partial charge in [-0.05, 0) is 20.3 Å². The summed E-state index contributed by atoms with van der Waals surface area (Å²) in [5.74, 6) is -0.00422. The lowest BCUT2D eigenvalue weighted by Crippen LogP contribution is -2.41. The lowest BCUT2D eigenvalue weighted by molar-refractivity contribution is -0.143. The van der Waals surface area contributed by atoms with Gasteiger partial charge in [0, 0.05) is 25.5 Å². The van der Waals surface area contributed by atoms with Gasteiger partial charge in [-0.25, -0.2) is 9.36 Å². The SMILES string of the molecule is CCCCn1c(C)cn2c3c(=O)n(CC(=O)OCC)c(=O)n(C)c3nc12. The molecule has 3 rings (SSSR count). The molecule has 0 atom stereocenters. The van der Waals surface area contributed by atoms with Crippen molar-refractivity contribution >= 4 is 22.9 Å². The fraction of sp³-hybridized carbons (Fsp3) is 0.529. The van der Waals surface area contributed by atoms with E-state index in [-0.39, 0.29) is 12.1 Å². The van der Waals surface area contributed by atoms with Crippen molar-refractivity contribution in [1.29, 1.82) is 0 Å². The summed E-state index contributed by atoms with van der Waals surface area (Å²) in [5, 5.41) is 0. The van der Waals surface area contributed by atoms with Gasteiger partial charge in [-0.15, -0.1) is 0 Å². The quantitative estimate of drug-likeness (QED) is 0.606. The zero-order chi connectivity index (χ0) is 19.0. The Balaban J connectivity index is 2.27. The standard InChI is InChI=1S/C17H23N5O4/c1-5-7-8-20-11(3)9-21-13-14(18-16(20)21)19(4)17(25)22(15(13)24)10-12(23)26-6-2/h9H,5-8,10H2,1-4H3. The van der Waals surface area contributed by atoms with Crippen molar-refractivity contribution < 1.29 is 9.53 Å². The molecule has 0 radical (unpaired) electrons. The molecule has 0 aliphatic heterocycles. The number of nitrogens with zero attached hydrogens (tertiary/aromatic N) is 5. The van der Waals surface area contributed by atoms with Crippen molar-refractivity contribution in [3.63, 3.8) is 0 Å². The third-order valence-corrected chi connectivity index (χ3v) is 4.47. The third-order valence-electron chi connectivity index (χ3n) is 4.47. The molecule has 0 unspecified atom stereocenters. The molecule has 0 aromatic carbocycles. The normalized spacial score (nSPS) is 11.5. The second kappa shape index (κ2) is 6.81. The van der Waals surface area contributed by atoms with E-state index in [0.717, 1.165) is 29.6 Å². The van der Waals surface area contributed by atoms with Crippen LogP contribution >= 0.6 is 0 Å². The maximum Gasteiger partial charge on any atom is 0.333 e. The van der Waals surface area contributed by atoms with Crippen molar-refractivity contribution in [3.8, 4) is 0 Å². The number of carbonyl (C=O) groups excluding carboxylic acids is 1. The Morgan fingerprint density at radius 2 is 1.96 bits per heavy atom. The van der Waals surface area contributed by atoms with E-state index in [4.69, 9.17) is 4.74 Å². The zero-order valence-corrected chi connectivity index (χ0v) is 15.5. The van der Waals surface area contributed by atoms with Crippen molar-refractivity contribution in [2.24, 2.45) is 7.05 Å². The van der Waals surface area contributed by atoms with E-state index in [2.05, 4.69) is 11.9 Å². The lowest BCUT2D eigenvalue weighted by Gasteiger charge is -2.07. The molecule has 3 aromatic heterocycles. The first kappa shape index (κ1) is 18.0. The maximum atomic E-state index is 12.9. The Hall–Kier alpha value is -2.84. The van der Waals surface area contributed by atoms with Crippen LogP contribution in [-0.4, -0.2) is 35.7 Å². The molecule has 0 aliphatic rings. The summed E-state index contributed by atoms with van der Waals surface area (Å²) in [5.41, 5.74) is 0.433. The van der Waals surface area contributed by atoms with E-state index in [1.165, 1.54) is 4.57 Å². The molecule has 0 saturated carbocycles. The molecule has 9 nitrogen and oxygen atoms in total. The molecule has 140 valence electrons. The largest absolute Gasteiger partial charge is 0.465 e. The van der Waals surface area contributed by atoms with Gasteiger partial charge in [0.1, 0.15) is 6.54 Å². The van der Waals surface area contributed by atoms with Crippen LogP contribution in [-0.2, 0) is 29.7 Å². The van der Waals surface area contributed by atoms with Crippen LogP contribution < -0.4 is 11.2 Å². The van der Waals surface area contributed by atoms with Gasteiger partial charge in [0.25, 0.3) is 5.56 Å². The Bertz CT molecular complexity index is 1100. The van der Waals surface area contributed by atoms with Gasteiger partial charge in [-0.3, -0.25) is 18.6 Å². The van der Waals surface area contributed by atoms with E-state index in [0.29, 0.717) is 11.4 Å². The number of imidazole rings is 2. The minimum Gasteiger partial charge on any atom is -0.465 e. The highest BCUT2D eigenvalue weighted by Crippen LogP contribution is 2.16. The van der Waals surface area contributed by atoms with Crippen LogP contribution in [0.15, 0.2) is 15.8 Å². The van der Waals surface area contributed by atoms with Crippen LogP contribution in [0.3, 0.4) is 0 Å². The van der Waals surface area contributed by atoms with E-state index in [9.17, 15) is 14.4 Å². The first-order chi connectivity index (χ1) is 12.4. The minimum absolute atomic E-state index is 0.187. The highest BCUT2D eigenvalue weighted by Gasteiger charge is 2.21. The first-order valence-corrected chi connectivity index (χ1v) is 8.74. The number of hydrogen-bond donors (Lipinski definition) is 0. The average molecular weight is 361 g/mol. The number of carbonyl (C=O) groups is 1. The molecular formula is C17H23N5O4. The Labute approximate surface area is 149 Å². The summed E-state index contributed by atoms with van der Waals surface area (Å²) in [6.07, 6.45) is 3.86. The van der Waals surface area contributed by atoms with Crippen LogP contribution in [0.4, 0.5) is 0 Å².